The number of aryl methyl sites for hydroxylation is 1. The molecule has 136 valence electrons. The molecule has 1 aromatic rings. The van der Waals surface area contributed by atoms with Crippen molar-refractivity contribution in [2.75, 3.05) is 6.61 Å². The summed E-state index contributed by atoms with van der Waals surface area (Å²) in [6.45, 7) is 3.86. The fraction of sp³-hybridized carbons (Fsp3) is 0.842. The van der Waals surface area contributed by atoms with Gasteiger partial charge in [0.1, 0.15) is 19.0 Å². The number of nitrogens with zero attached hydrogens (tertiary/aromatic N) is 1. The minimum atomic E-state index is 0. The minimum Gasteiger partial charge on any atom is -1.00 e. The fourth-order valence-corrected chi connectivity index (χ4v) is 2.79. The number of hydrogen-bond donors (Lipinski definition) is 1. The lowest BCUT2D eigenvalue weighted by Crippen LogP contribution is -3.00. The highest BCUT2D eigenvalue weighted by molar-refractivity contribution is 4.73. The molecule has 0 aliphatic rings. The van der Waals surface area contributed by atoms with Crippen LogP contribution in [0.5, 0.6) is 0 Å². The SMILES string of the molecule is CCCCCCCCCCCCCCOCc1[nH]cc[n+]1C.[Cl-]. The average molecular weight is 345 g/mol. The fourth-order valence-electron chi connectivity index (χ4n) is 2.79. The molecule has 0 bridgehead atoms. The second kappa shape index (κ2) is 16.3. The molecule has 0 saturated carbocycles. The van der Waals surface area contributed by atoms with Crippen molar-refractivity contribution in [1.82, 2.24) is 4.98 Å². The first-order chi connectivity index (χ1) is 10.8. The van der Waals surface area contributed by atoms with Crippen LogP contribution in [0.4, 0.5) is 0 Å². The van der Waals surface area contributed by atoms with Crippen LogP contribution in [0.25, 0.3) is 0 Å². The maximum atomic E-state index is 5.70. The van der Waals surface area contributed by atoms with Crippen molar-refractivity contribution < 1.29 is 21.7 Å². The molecule has 4 heteroatoms. The first kappa shape index (κ1) is 22.5. The van der Waals surface area contributed by atoms with Gasteiger partial charge in [-0.05, 0) is 6.42 Å². The van der Waals surface area contributed by atoms with Gasteiger partial charge in [-0.2, -0.15) is 0 Å². The van der Waals surface area contributed by atoms with Gasteiger partial charge in [0.25, 0.3) is 5.82 Å². The molecule has 0 spiro atoms. The molecule has 1 rings (SSSR count). The summed E-state index contributed by atoms with van der Waals surface area (Å²) in [7, 11) is 2.04. The number of H-pyrrole nitrogens is 1. The quantitative estimate of drug-likeness (QED) is 0.383. The Balaban J connectivity index is 0.00000484. The van der Waals surface area contributed by atoms with Crippen LogP contribution < -0.4 is 17.0 Å². The third kappa shape index (κ3) is 12.5. The zero-order valence-corrected chi connectivity index (χ0v) is 16.0. The van der Waals surface area contributed by atoms with E-state index in [1.54, 1.807) is 0 Å². The van der Waals surface area contributed by atoms with Gasteiger partial charge in [0, 0.05) is 6.61 Å². The molecule has 0 unspecified atom stereocenters. The number of nitrogens with one attached hydrogen (secondary N) is 1. The van der Waals surface area contributed by atoms with E-state index in [2.05, 4.69) is 16.5 Å². The van der Waals surface area contributed by atoms with E-state index in [1.807, 2.05) is 19.4 Å². The highest BCUT2D eigenvalue weighted by atomic mass is 35.5. The second-order valence-electron chi connectivity index (χ2n) is 6.46. The second-order valence-corrected chi connectivity index (χ2v) is 6.46. The Morgan fingerprint density at radius 3 is 1.87 bits per heavy atom. The Morgan fingerprint density at radius 2 is 1.39 bits per heavy atom. The van der Waals surface area contributed by atoms with Crippen LogP contribution in [0.2, 0.25) is 0 Å². The summed E-state index contributed by atoms with van der Waals surface area (Å²) in [4.78, 5) is 3.19. The minimum absolute atomic E-state index is 0. The molecular weight excluding hydrogens is 308 g/mol. The molecule has 0 radical (unpaired) electrons. The molecule has 0 saturated heterocycles. The maximum absolute atomic E-state index is 5.70. The van der Waals surface area contributed by atoms with Crippen molar-refractivity contribution in [2.24, 2.45) is 7.05 Å². The predicted octanol–water partition coefficient (Wildman–Crippen LogP) is 2.06. The zero-order chi connectivity index (χ0) is 15.9. The van der Waals surface area contributed by atoms with Gasteiger partial charge in [0.05, 0.1) is 7.05 Å². The molecule has 3 nitrogen and oxygen atoms in total. The lowest BCUT2D eigenvalue weighted by molar-refractivity contribution is -0.680. The first-order valence-electron chi connectivity index (χ1n) is 9.44. The number of aromatic nitrogens is 2. The van der Waals surface area contributed by atoms with Gasteiger partial charge in [-0.3, -0.25) is 0 Å². The van der Waals surface area contributed by atoms with Crippen LogP contribution >= 0.6 is 0 Å². The van der Waals surface area contributed by atoms with Gasteiger partial charge in [-0.15, -0.1) is 0 Å². The summed E-state index contributed by atoms with van der Waals surface area (Å²) in [5.41, 5.74) is 0. The molecular formula is C19H37ClN2O. The molecule has 0 aliphatic heterocycles. The van der Waals surface area contributed by atoms with Crippen molar-refractivity contribution in [3.63, 3.8) is 0 Å². The summed E-state index contributed by atoms with van der Waals surface area (Å²) < 4.78 is 7.77. The van der Waals surface area contributed by atoms with E-state index < -0.39 is 0 Å². The van der Waals surface area contributed by atoms with Crippen LogP contribution in [0.3, 0.4) is 0 Å². The summed E-state index contributed by atoms with van der Waals surface area (Å²) in [6.07, 6.45) is 20.7. The molecule has 0 aliphatic carbocycles. The number of ether oxygens (including phenoxy) is 1. The van der Waals surface area contributed by atoms with Crippen molar-refractivity contribution in [2.45, 2.75) is 90.6 Å². The molecule has 0 aromatic carbocycles. The zero-order valence-electron chi connectivity index (χ0n) is 15.3. The number of rotatable bonds is 15. The van der Waals surface area contributed by atoms with Gasteiger partial charge in [-0.25, -0.2) is 9.55 Å². The lowest BCUT2D eigenvalue weighted by atomic mass is 10.1. The molecule has 0 atom stereocenters. The molecule has 1 aromatic heterocycles. The Labute approximate surface area is 149 Å². The summed E-state index contributed by atoms with van der Waals surface area (Å²) in [5, 5.41) is 0. The molecule has 1 heterocycles. The third-order valence-electron chi connectivity index (χ3n) is 4.35. The van der Waals surface area contributed by atoms with Gasteiger partial charge in [0.15, 0.2) is 0 Å². The highest BCUT2D eigenvalue weighted by Gasteiger charge is 2.05. The summed E-state index contributed by atoms with van der Waals surface area (Å²) in [5.74, 6) is 1.14. The van der Waals surface area contributed by atoms with Crippen LogP contribution in [-0.2, 0) is 18.4 Å². The number of halogens is 1. The molecule has 1 N–H and O–H groups in total. The van der Waals surface area contributed by atoms with Crippen molar-refractivity contribution in [1.29, 1.82) is 0 Å². The number of aromatic amines is 1. The Kier molecular flexibility index (Phi) is 15.9. The lowest BCUT2D eigenvalue weighted by Gasteiger charge is -2.03. The predicted molar refractivity (Wildman–Crippen MR) is 92.7 cm³/mol. The maximum Gasteiger partial charge on any atom is 0.280 e. The number of hydrogen-bond acceptors (Lipinski definition) is 1. The summed E-state index contributed by atoms with van der Waals surface area (Å²) in [6, 6.07) is 0. The third-order valence-corrected chi connectivity index (χ3v) is 4.35. The monoisotopic (exact) mass is 344 g/mol. The van der Waals surface area contributed by atoms with E-state index in [9.17, 15) is 0 Å². The summed E-state index contributed by atoms with van der Waals surface area (Å²) >= 11 is 0. The van der Waals surface area contributed by atoms with E-state index >= 15 is 0 Å². The molecule has 0 amide bonds. The van der Waals surface area contributed by atoms with Crippen LogP contribution in [0.15, 0.2) is 12.4 Å². The van der Waals surface area contributed by atoms with Crippen molar-refractivity contribution >= 4 is 0 Å². The van der Waals surface area contributed by atoms with E-state index in [0.717, 1.165) is 12.4 Å². The van der Waals surface area contributed by atoms with Gasteiger partial charge < -0.3 is 17.1 Å². The number of unbranched alkanes of at least 4 members (excludes halogenated alkanes) is 11. The van der Waals surface area contributed by atoms with E-state index in [1.165, 1.54) is 77.0 Å². The average Bonchev–Trinajstić information content (AvgIpc) is 2.93. The molecule has 23 heavy (non-hydrogen) atoms. The highest BCUT2D eigenvalue weighted by Crippen LogP contribution is 2.11. The van der Waals surface area contributed by atoms with Crippen LogP contribution in [-0.4, -0.2) is 11.6 Å². The van der Waals surface area contributed by atoms with Gasteiger partial charge >= 0.3 is 0 Å². The van der Waals surface area contributed by atoms with E-state index in [-0.39, 0.29) is 12.4 Å². The van der Waals surface area contributed by atoms with E-state index in [0.29, 0.717) is 6.61 Å². The first-order valence-corrected chi connectivity index (χ1v) is 9.44. The van der Waals surface area contributed by atoms with Crippen LogP contribution in [0, 0.1) is 0 Å². The van der Waals surface area contributed by atoms with Gasteiger partial charge in [-0.1, -0.05) is 77.6 Å². The Bertz CT molecular complexity index is 355. The van der Waals surface area contributed by atoms with Crippen molar-refractivity contribution in [3.05, 3.63) is 18.2 Å². The Hall–Kier alpha value is -0.540. The van der Waals surface area contributed by atoms with E-state index in [4.69, 9.17) is 4.74 Å². The molecule has 0 fully saturated rings. The van der Waals surface area contributed by atoms with Crippen molar-refractivity contribution in [3.8, 4) is 0 Å². The largest absolute Gasteiger partial charge is 1.00 e. The van der Waals surface area contributed by atoms with Gasteiger partial charge in [0.2, 0.25) is 0 Å². The number of imidazole rings is 1. The topological polar surface area (TPSA) is 28.9 Å². The normalized spacial score (nSPS) is 10.7. The van der Waals surface area contributed by atoms with Crippen LogP contribution in [0.1, 0.15) is 89.8 Å². The smallest absolute Gasteiger partial charge is 0.280 e. The standard InChI is InChI=1S/C19H36N2O.ClH/c1-3-4-5-6-7-8-9-10-11-12-13-14-17-22-18-19-20-15-16-21(19)2;/h15-16H,3-14,17-18H2,1-2H3;1H. The Morgan fingerprint density at radius 1 is 0.870 bits per heavy atom.